The molecule has 2 aliphatic rings. The van der Waals surface area contributed by atoms with Crippen LogP contribution in [-0.2, 0) is 4.74 Å². The predicted molar refractivity (Wildman–Crippen MR) is 66.7 cm³/mol. The van der Waals surface area contributed by atoms with Crippen molar-refractivity contribution in [2.24, 2.45) is 5.92 Å². The summed E-state index contributed by atoms with van der Waals surface area (Å²) in [7, 11) is 0. The monoisotopic (exact) mass is 226 g/mol. The molecule has 2 rings (SSSR count). The molecule has 16 heavy (non-hydrogen) atoms. The average molecular weight is 226 g/mol. The van der Waals surface area contributed by atoms with Gasteiger partial charge in [-0.1, -0.05) is 6.92 Å². The Morgan fingerprint density at radius 1 is 1.38 bits per heavy atom. The molecule has 2 unspecified atom stereocenters. The first kappa shape index (κ1) is 12.3. The highest BCUT2D eigenvalue weighted by molar-refractivity contribution is 4.79. The van der Waals surface area contributed by atoms with Crippen molar-refractivity contribution in [1.82, 2.24) is 10.2 Å². The summed E-state index contributed by atoms with van der Waals surface area (Å²) in [6.45, 7) is 10.0. The molecule has 1 aliphatic carbocycles. The summed E-state index contributed by atoms with van der Waals surface area (Å²) in [6, 6.07) is 0.638. The first-order chi connectivity index (χ1) is 7.79. The summed E-state index contributed by atoms with van der Waals surface area (Å²) >= 11 is 0. The third-order valence-corrected chi connectivity index (χ3v) is 3.76. The van der Waals surface area contributed by atoms with E-state index in [1.54, 1.807) is 0 Å². The van der Waals surface area contributed by atoms with Gasteiger partial charge in [0.15, 0.2) is 0 Å². The maximum Gasteiger partial charge on any atom is 0.0674 e. The number of nitrogens with zero attached hydrogens (tertiary/aromatic N) is 1. The molecule has 94 valence electrons. The Kier molecular flexibility index (Phi) is 4.62. The fourth-order valence-corrected chi connectivity index (χ4v) is 2.41. The van der Waals surface area contributed by atoms with Crippen molar-refractivity contribution in [2.45, 2.75) is 45.3 Å². The molecule has 3 nitrogen and oxygen atoms in total. The Bertz CT molecular complexity index is 206. The van der Waals surface area contributed by atoms with Crippen LogP contribution >= 0.6 is 0 Å². The average Bonchev–Trinajstić information content (AvgIpc) is 3.08. The fraction of sp³-hybridized carbons (Fsp3) is 1.00. The lowest BCUT2D eigenvalue weighted by Gasteiger charge is -2.38. The van der Waals surface area contributed by atoms with Crippen LogP contribution in [0.3, 0.4) is 0 Å². The van der Waals surface area contributed by atoms with E-state index in [0.717, 1.165) is 25.6 Å². The molecule has 0 amide bonds. The van der Waals surface area contributed by atoms with E-state index in [4.69, 9.17) is 4.74 Å². The third-order valence-electron chi connectivity index (χ3n) is 3.76. The molecular weight excluding hydrogens is 200 g/mol. The Hall–Kier alpha value is -0.120. The van der Waals surface area contributed by atoms with Crippen molar-refractivity contribution in [3.05, 3.63) is 0 Å². The van der Waals surface area contributed by atoms with Gasteiger partial charge in [-0.2, -0.15) is 0 Å². The highest BCUT2D eigenvalue weighted by Gasteiger charge is 2.25. The van der Waals surface area contributed by atoms with Gasteiger partial charge in [0.05, 0.1) is 12.7 Å². The standard InChI is InChI=1S/C13H26N2O/c1-3-13-10-16-11(2)9-15(13)7-6-14-8-12-4-5-12/h11-14H,3-10H2,1-2H3. The van der Waals surface area contributed by atoms with Gasteiger partial charge < -0.3 is 10.1 Å². The zero-order valence-electron chi connectivity index (χ0n) is 10.7. The zero-order chi connectivity index (χ0) is 11.4. The zero-order valence-corrected chi connectivity index (χ0v) is 10.7. The largest absolute Gasteiger partial charge is 0.376 e. The van der Waals surface area contributed by atoms with Crippen LogP contribution in [0.1, 0.15) is 33.1 Å². The molecule has 0 bridgehead atoms. The fourth-order valence-electron chi connectivity index (χ4n) is 2.41. The molecule has 3 heteroatoms. The van der Waals surface area contributed by atoms with Gasteiger partial charge in [0.2, 0.25) is 0 Å². The minimum Gasteiger partial charge on any atom is -0.376 e. The summed E-state index contributed by atoms with van der Waals surface area (Å²) in [5, 5.41) is 3.57. The highest BCUT2D eigenvalue weighted by Crippen LogP contribution is 2.27. The number of rotatable bonds is 6. The summed E-state index contributed by atoms with van der Waals surface area (Å²) in [4.78, 5) is 2.59. The quantitative estimate of drug-likeness (QED) is 0.694. The van der Waals surface area contributed by atoms with Gasteiger partial charge in [-0.3, -0.25) is 4.90 Å². The lowest BCUT2D eigenvalue weighted by atomic mass is 10.1. The maximum absolute atomic E-state index is 5.70. The molecule has 0 radical (unpaired) electrons. The smallest absolute Gasteiger partial charge is 0.0674 e. The Morgan fingerprint density at radius 2 is 2.19 bits per heavy atom. The van der Waals surface area contributed by atoms with Crippen molar-refractivity contribution in [1.29, 1.82) is 0 Å². The SMILES string of the molecule is CCC1COC(C)CN1CCNCC1CC1. The van der Waals surface area contributed by atoms with Gasteiger partial charge in [-0.15, -0.1) is 0 Å². The molecular formula is C13H26N2O. The number of morpholine rings is 1. The van der Waals surface area contributed by atoms with Crippen molar-refractivity contribution in [2.75, 3.05) is 32.8 Å². The molecule has 1 heterocycles. The van der Waals surface area contributed by atoms with Gasteiger partial charge >= 0.3 is 0 Å². The number of hydrogen-bond donors (Lipinski definition) is 1. The summed E-state index contributed by atoms with van der Waals surface area (Å²) in [6.07, 6.45) is 4.50. The van der Waals surface area contributed by atoms with Gasteiger partial charge in [0, 0.05) is 25.7 Å². The molecule has 0 aromatic rings. The molecule has 1 N–H and O–H groups in total. The second-order valence-corrected chi connectivity index (χ2v) is 5.35. The Balaban J connectivity index is 1.63. The first-order valence-corrected chi connectivity index (χ1v) is 6.86. The number of ether oxygens (including phenoxy) is 1. The minimum atomic E-state index is 0.409. The van der Waals surface area contributed by atoms with Crippen LogP contribution in [0.4, 0.5) is 0 Å². The third kappa shape index (κ3) is 3.72. The topological polar surface area (TPSA) is 24.5 Å². The van der Waals surface area contributed by atoms with Crippen LogP contribution in [0.25, 0.3) is 0 Å². The Labute approximate surface area is 99.5 Å². The number of nitrogens with one attached hydrogen (secondary N) is 1. The van der Waals surface area contributed by atoms with Crippen molar-refractivity contribution < 1.29 is 4.74 Å². The van der Waals surface area contributed by atoms with Crippen LogP contribution in [-0.4, -0.2) is 49.8 Å². The van der Waals surface area contributed by atoms with Crippen LogP contribution in [0.15, 0.2) is 0 Å². The van der Waals surface area contributed by atoms with E-state index in [1.165, 1.54) is 32.4 Å². The summed E-state index contributed by atoms with van der Waals surface area (Å²) in [5.74, 6) is 0.991. The molecule has 2 fully saturated rings. The lowest BCUT2D eigenvalue weighted by molar-refractivity contribution is -0.0550. The van der Waals surface area contributed by atoms with E-state index in [1.807, 2.05) is 0 Å². The first-order valence-electron chi connectivity index (χ1n) is 6.86. The van der Waals surface area contributed by atoms with E-state index < -0.39 is 0 Å². The maximum atomic E-state index is 5.70. The molecule has 0 aromatic carbocycles. The highest BCUT2D eigenvalue weighted by atomic mass is 16.5. The summed E-state index contributed by atoms with van der Waals surface area (Å²) < 4.78 is 5.70. The van der Waals surface area contributed by atoms with Crippen molar-refractivity contribution in [3.8, 4) is 0 Å². The molecule has 2 atom stereocenters. The van der Waals surface area contributed by atoms with Crippen molar-refractivity contribution in [3.63, 3.8) is 0 Å². The molecule has 1 saturated carbocycles. The Morgan fingerprint density at radius 3 is 2.88 bits per heavy atom. The van der Waals surface area contributed by atoms with E-state index >= 15 is 0 Å². The lowest BCUT2D eigenvalue weighted by Crippen LogP contribution is -2.50. The normalized spacial score (nSPS) is 31.9. The van der Waals surface area contributed by atoms with E-state index in [0.29, 0.717) is 12.1 Å². The molecule has 1 saturated heterocycles. The predicted octanol–water partition coefficient (Wildman–Crippen LogP) is 1.49. The van der Waals surface area contributed by atoms with Gasteiger partial charge in [-0.25, -0.2) is 0 Å². The van der Waals surface area contributed by atoms with Crippen LogP contribution < -0.4 is 5.32 Å². The minimum absolute atomic E-state index is 0.409. The van der Waals surface area contributed by atoms with E-state index in [9.17, 15) is 0 Å². The summed E-state index contributed by atoms with van der Waals surface area (Å²) in [5.41, 5.74) is 0. The van der Waals surface area contributed by atoms with Gasteiger partial charge in [-0.05, 0) is 38.6 Å². The molecule has 0 spiro atoms. The van der Waals surface area contributed by atoms with Gasteiger partial charge in [0.1, 0.15) is 0 Å². The van der Waals surface area contributed by atoms with Crippen LogP contribution in [0.5, 0.6) is 0 Å². The van der Waals surface area contributed by atoms with E-state index in [2.05, 4.69) is 24.1 Å². The van der Waals surface area contributed by atoms with Crippen LogP contribution in [0, 0.1) is 5.92 Å². The van der Waals surface area contributed by atoms with E-state index in [-0.39, 0.29) is 0 Å². The molecule has 1 aliphatic heterocycles. The number of hydrogen-bond acceptors (Lipinski definition) is 3. The molecule has 0 aromatic heterocycles. The second kappa shape index (κ2) is 5.99. The van der Waals surface area contributed by atoms with Gasteiger partial charge in [0.25, 0.3) is 0 Å². The van der Waals surface area contributed by atoms with Crippen molar-refractivity contribution >= 4 is 0 Å². The van der Waals surface area contributed by atoms with Crippen LogP contribution in [0.2, 0.25) is 0 Å². The second-order valence-electron chi connectivity index (χ2n) is 5.35.